The Labute approximate surface area is 121 Å². The molecule has 3 nitrogen and oxygen atoms in total. The summed E-state index contributed by atoms with van der Waals surface area (Å²) in [5.41, 5.74) is 3.59. The van der Waals surface area contributed by atoms with E-state index in [-0.39, 0.29) is 12.1 Å². The molecule has 1 unspecified atom stereocenters. The van der Waals surface area contributed by atoms with Gasteiger partial charge in [0.2, 0.25) is 0 Å². The lowest BCUT2D eigenvalue weighted by Crippen LogP contribution is -2.18. The summed E-state index contributed by atoms with van der Waals surface area (Å²) >= 11 is 0. The van der Waals surface area contributed by atoms with E-state index in [1.54, 1.807) is 6.20 Å². The SMILES string of the molecule is CNC(c1ccc(C)cc1)c1cncc(OC(C)C)c1. The van der Waals surface area contributed by atoms with Crippen molar-refractivity contribution in [2.24, 2.45) is 0 Å². The average Bonchev–Trinajstić information content (AvgIpc) is 2.41. The second-order valence-corrected chi connectivity index (χ2v) is 5.25. The molecule has 3 heteroatoms. The van der Waals surface area contributed by atoms with Crippen molar-refractivity contribution in [1.29, 1.82) is 0 Å². The van der Waals surface area contributed by atoms with E-state index in [1.807, 2.05) is 33.2 Å². The topological polar surface area (TPSA) is 34.2 Å². The predicted octanol–water partition coefficient (Wildman–Crippen LogP) is 3.49. The molecule has 0 bridgehead atoms. The molecule has 0 aliphatic rings. The highest BCUT2D eigenvalue weighted by Gasteiger charge is 2.13. The van der Waals surface area contributed by atoms with Gasteiger partial charge in [0.25, 0.3) is 0 Å². The monoisotopic (exact) mass is 270 g/mol. The molecule has 1 atom stereocenters. The van der Waals surface area contributed by atoms with Crippen LogP contribution in [0.15, 0.2) is 42.7 Å². The summed E-state index contributed by atoms with van der Waals surface area (Å²) in [7, 11) is 1.96. The van der Waals surface area contributed by atoms with E-state index in [0.29, 0.717) is 0 Å². The van der Waals surface area contributed by atoms with E-state index in [9.17, 15) is 0 Å². The third-order valence-electron chi connectivity index (χ3n) is 3.14. The predicted molar refractivity (Wildman–Crippen MR) is 82.1 cm³/mol. The Hall–Kier alpha value is -1.87. The lowest BCUT2D eigenvalue weighted by Gasteiger charge is -2.18. The van der Waals surface area contributed by atoms with Crippen LogP contribution in [0.1, 0.15) is 36.6 Å². The van der Waals surface area contributed by atoms with Gasteiger partial charge in [0.1, 0.15) is 5.75 Å². The molecular weight excluding hydrogens is 248 g/mol. The van der Waals surface area contributed by atoms with Gasteiger partial charge >= 0.3 is 0 Å². The fourth-order valence-electron chi connectivity index (χ4n) is 2.21. The quantitative estimate of drug-likeness (QED) is 0.903. The minimum Gasteiger partial charge on any atom is -0.489 e. The Morgan fingerprint density at radius 1 is 1.05 bits per heavy atom. The standard InChI is InChI=1S/C17H22N2O/c1-12(2)20-16-9-15(10-19-11-16)17(18-4)14-7-5-13(3)6-8-14/h5-12,17-18H,1-4H3. The fraction of sp³-hybridized carbons (Fsp3) is 0.353. The first-order valence-corrected chi connectivity index (χ1v) is 6.95. The van der Waals surface area contributed by atoms with Crippen LogP contribution in [-0.2, 0) is 0 Å². The van der Waals surface area contributed by atoms with Crippen LogP contribution in [0.5, 0.6) is 5.75 Å². The van der Waals surface area contributed by atoms with Gasteiger partial charge < -0.3 is 10.1 Å². The third kappa shape index (κ3) is 3.58. The summed E-state index contributed by atoms with van der Waals surface area (Å²) in [6.07, 6.45) is 3.79. The molecule has 2 aromatic rings. The van der Waals surface area contributed by atoms with Crippen molar-refractivity contribution >= 4 is 0 Å². The molecule has 1 heterocycles. The Balaban J connectivity index is 2.29. The Morgan fingerprint density at radius 3 is 2.35 bits per heavy atom. The largest absolute Gasteiger partial charge is 0.489 e. The molecule has 0 aliphatic carbocycles. The number of hydrogen-bond acceptors (Lipinski definition) is 3. The summed E-state index contributed by atoms with van der Waals surface area (Å²) in [4.78, 5) is 4.28. The molecule has 0 aliphatic heterocycles. The van der Waals surface area contributed by atoms with Crippen LogP contribution >= 0.6 is 0 Å². The number of hydrogen-bond donors (Lipinski definition) is 1. The highest BCUT2D eigenvalue weighted by Crippen LogP contribution is 2.24. The van der Waals surface area contributed by atoms with Crippen molar-refractivity contribution in [2.45, 2.75) is 32.9 Å². The molecule has 2 rings (SSSR count). The van der Waals surface area contributed by atoms with Gasteiger partial charge in [-0.15, -0.1) is 0 Å². The normalized spacial score (nSPS) is 12.4. The van der Waals surface area contributed by atoms with E-state index in [0.717, 1.165) is 11.3 Å². The zero-order chi connectivity index (χ0) is 14.5. The summed E-state index contributed by atoms with van der Waals surface area (Å²) in [6, 6.07) is 10.7. The van der Waals surface area contributed by atoms with Crippen molar-refractivity contribution in [3.8, 4) is 5.75 Å². The van der Waals surface area contributed by atoms with E-state index < -0.39 is 0 Å². The lowest BCUT2D eigenvalue weighted by atomic mass is 9.99. The number of benzene rings is 1. The second kappa shape index (κ2) is 6.53. The van der Waals surface area contributed by atoms with Gasteiger partial charge in [-0.3, -0.25) is 4.98 Å². The first-order chi connectivity index (χ1) is 9.60. The van der Waals surface area contributed by atoms with E-state index >= 15 is 0 Å². The summed E-state index contributed by atoms with van der Waals surface area (Å²) in [5, 5.41) is 3.34. The molecule has 0 fully saturated rings. The Bertz CT molecular complexity index is 549. The maximum atomic E-state index is 5.71. The van der Waals surface area contributed by atoms with Crippen molar-refractivity contribution in [3.63, 3.8) is 0 Å². The third-order valence-corrected chi connectivity index (χ3v) is 3.14. The number of rotatable bonds is 5. The van der Waals surface area contributed by atoms with E-state index in [4.69, 9.17) is 4.74 Å². The van der Waals surface area contributed by atoms with Gasteiger partial charge in [-0.1, -0.05) is 29.8 Å². The zero-order valence-corrected chi connectivity index (χ0v) is 12.6. The number of pyridine rings is 1. The van der Waals surface area contributed by atoms with Crippen molar-refractivity contribution in [1.82, 2.24) is 10.3 Å². The van der Waals surface area contributed by atoms with Crippen molar-refractivity contribution in [3.05, 3.63) is 59.4 Å². The van der Waals surface area contributed by atoms with Gasteiger partial charge in [-0.25, -0.2) is 0 Å². The fourth-order valence-corrected chi connectivity index (χ4v) is 2.21. The highest BCUT2D eigenvalue weighted by molar-refractivity contribution is 5.35. The molecular formula is C17H22N2O. The minimum atomic E-state index is 0.124. The number of aromatic nitrogens is 1. The zero-order valence-electron chi connectivity index (χ0n) is 12.6. The first kappa shape index (κ1) is 14.5. The molecule has 0 amide bonds. The van der Waals surface area contributed by atoms with Crippen LogP contribution < -0.4 is 10.1 Å². The summed E-state index contributed by atoms with van der Waals surface area (Å²) < 4.78 is 5.71. The number of ether oxygens (including phenoxy) is 1. The minimum absolute atomic E-state index is 0.124. The van der Waals surface area contributed by atoms with Crippen LogP contribution in [0.25, 0.3) is 0 Å². The molecule has 0 spiro atoms. The number of nitrogens with one attached hydrogen (secondary N) is 1. The summed E-state index contributed by atoms with van der Waals surface area (Å²) in [6.45, 7) is 6.13. The molecule has 0 saturated heterocycles. The van der Waals surface area contributed by atoms with Crippen LogP contribution in [-0.4, -0.2) is 18.1 Å². The van der Waals surface area contributed by atoms with Gasteiger partial charge in [0.05, 0.1) is 18.3 Å². The van der Waals surface area contributed by atoms with Gasteiger partial charge in [-0.2, -0.15) is 0 Å². The molecule has 106 valence electrons. The highest BCUT2D eigenvalue weighted by atomic mass is 16.5. The van der Waals surface area contributed by atoms with Crippen LogP contribution in [0.4, 0.5) is 0 Å². The number of nitrogens with zero attached hydrogens (tertiary/aromatic N) is 1. The smallest absolute Gasteiger partial charge is 0.138 e. The molecule has 1 N–H and O–H groups in total. The second-order valence-electron chi connectivity index (χ2n) is 5.25. The van der Waals surface area contributed by atoms with Crippen LogP contribution in [0.3, 0.4) is 0 Å². The summed E-state index contributed by atoms with van der Waals surface area (Å²) in [5.74, 6) is 0.810. The Morgan fingerprint density at radius 2 is 1.75 bits per heavy atom. The maximum Gasteiger partial charge on any atom is 0.138 e. The van der Waals surface area contributed by atoms with Gasteiger partial charge in [-0.05, 0) is 45.0 Å². The molecule has 0 saturated carbocycles. The molecule has 20 heavy (non-hydrogen) atoms. The molecule has 1 aromatic carbocycles. The molecule has 1 aromatic heterocycles. The maximum absolute atomic E-state index is 5.71. The van der Waals surface area contributed by atoms with E-state index in [1.165, 1.54) is 11.1 Å². The lowest BCUT2D eigenvalue weighted by molar-refractivity contribution is 0.241. The Kier molecular flexibility index (Phi) is 4.74. The molecule has 0 radical (unpaired) electrons. The van der Waals surface area contributed by atoms with Crippen LogP contribution in [0, 0.1) is 6.92 Å². The van der Waals surface area contributed by atoms with Gasteiger partial charge in [0.15, 0.2) is 0 Å². The van der Waals surface area contributed by atoms with Gasteiger partial charge in [0, 0.05) is 6.20 Å². The van der Waals surface area contributed by atoms with Crippen molar-refractivity contribution in [2.75, 3.05) is 7.05 Å². The first-order valence-electron chi connectivity index (χ1n) is 6.95. The average molecular weight is 270 g/mol. The van der Waals surface area contributed by atoms with Crippen molar-refractivity contribution < 1.29 is 4.74 Å². The van der Waals surface area contributed by atoms with Crippen LogP contribution in [0.2, 0.25) is 0 Å². The number of aryl methyl sites for hydroxylation is 1. The van der Waals surface area contributed by atoms with E-state index in [2.05, 4.69) is 41.5 Å².